The zero-order valence-corrected chi connectivity index (χ0v) is 22.1. The Bertz CT molecular complexity index is 1320. The molecule has 1 amide bonds. The summed E-state index contributed by atoms with van der Waals surface area (Å²) in [6, 6.07) is 31.3. The standard InChI is InChI=1S/C31H28BrNO4/c1-22-18-25(32)14-17-28(22)31(35)33-29(21-36-20-24-8-4-2-5-9-24)30(34)19-23-12-15-27(16-13-23)37-26-10-6-3-7-11-26/h2-18,29H,19-21H2,1H3,(H,33,35). The summed E-state index contributed by atoms with van der Waals surface area (Å²) < 4.78 is 12.6. The number of benzene rings is 4. The lowest BCUT2D eigenvalue weighted by Gasteiger charge is -2.19. The monoisotopic (exact) mass is 557 g/mol. The molecule has 6 heteroatoms. The number of hydrogen-bond donors (Lipinski definition) is 1. The second-order valence-corrected chi connectivity index (χ2v) is 9.60. The minimum atomic E-state index is -0.792. The molecular formula is C31H28BrNO4. The lowest BCUT2D eigenvalue weighted by molar-refractivity contribution is -0.121. The van der Waals surface area contributed by atoms with Gasteiger partial charge in [0.05, 0.1) is 13.2 Å². The van der Waals surface area contributed by atoms with Crippen molar-refractivity contribution in [2.75, 3.05) is 6.61 Å². The number of carbonyl (C=O) groups excluding carboxylic acids is 2. The summed E-state index contributed by atoms with van der Waals surface area (Å²) in [5.41, 5.74) is 3.16. The van der Waals surface area contributed by atoms with Gasteiger partial charge in [-0.3, -0.25) is 9.59 Å². The van der Waals surface area contributed by atoms with Gasteiger partial charge in [-0.15, -0.1) is 0 Å². The molecule has 0 saturated carbocycles. The quantitative estimate of drug-likeness (QED) is 0.223. The predicted molar refractivity (Wildman–Crippen MR) is 148 cm³/mol. The average molecular weight is 558 g/mol. The number of amides is 1. The first-order valence-corrected chi connectivity index (χ1v) is 12.8. The number of ether oxygens (including phenoxy) is 2. The summed E-state index contributed by atoms with van der Waals surface area (Å²) in [5.74, 6) is 0.989. The second-order valence-electron chi connectivity index (χ2n) is 8.69. The molecule has 1 unspecified atom stereocenters. The van der Waals surface area contributed by atoms with Crippen molar-refractivity contribution in [1.29, 1.82) is 0 Å². The van der Waals surface area contributed by atoms with Crippen LogP contribution in [0, 0.1) is 6.92 Å². The smallest absolute Gasteiger partial charge is 0.252 e. The largest absolute Gasteiger partial charge is 0.457 e. The Morgan fingerprint density at radius 1 is 0.811 bits per heavy atom. The summed E-state index contributed by atoms with van der Waals surface area (Å²) in [4.78, 5) is 26.3. The molecule has 4 aromatic rings. The number of hydrogen-bond acceptors (Lipinski definition) is 4. The molecule has 0 bridgehead atoms. The van der Waals surface area contributed by atoms with Crippen molar-refractivity contribution < 1.29 is 19.1 Å². The first-order chi connectivity index (χ1) is 18.0. The maximum Gasteiger partial charge on any atom is 0.252 e. The fraction of sp³-hybridized carbons (Fsp3) is 0.161. The first-order valence-electron chi connectivity index (χ1n) is 12.0. The van der Waals surface area contributed by atoms with Gasteiger partial charge in [-0.05, 0) is 66.1 Å². The highest BCUT2D eigenvalue weighted by molar-refractivity contribution is 9.10. The highest BCUT2D eigenvalue weighted by Gasteiger charge is 2.23. The normalized spacial score (nSPS) is 11.5. The molecule has 4 rings (SSSR count). The molecule has 188 valence electrons. The molecule has 0 aliphatic carbocycles. The lowest BCUT2D eigenvalue weighted by Crippen LogP contribution is -2.45. The minimum absolute atomic E-state index is 0.0737. The molecule has 1 N–H and O–H groups in total. The van der Waals surface area contributed by atoms with Crippen molar-refractivity contribution in [3.63, 3.8) is 0 Å². The van der Waals surface area contributed by atoms with Crippen molar-refractivity contribution in [2.24, 2.45) is 0 Å². The van der Waals surface area contributed by atoms with Crippen molar-refractivity contribution >= 4 is 27.6 Å². The first kappa shape index (κ1) is 26.3. The third kappa shape index (κ3) is 7.87. The second kappa shape index (κ2) is 13.0. The van der Waals surface area contributed by atoms with Crippen molar-refractivity contribution in [1.82, 2.24) is 5.32 Å². The van der Waals surface area contributed by atoms with E-state index in [9.17, 15) is 9.59 Å². The van der Waals surface area contributed by atoms with Crippen LogP contribution in [0.2, 0.25) is 0 Å². The third-order valence-electron chi connectivity index (χ3n) is 5.80. The van der Waals surface area contributed by atoms with Crippen LogP contribution in [0.1, 0.15) is 27.0 Å². The molecule has 0 radical (unpaired) electrons. The van der Waals surface area contributed by atoms with E-state index >= 15 is 0 Å². The molecule has 0 fully saturated rings. The highest BCUT2D eigenvalue weighted by Crippen LogP contribution is 2.22. The number of para-hydroxylation sites is 1. The van der Waals surface area contributed by atoms with Crippen LogP contribution in [0.15, 0.2) is 108 Å². The van der Waals surface area contributed by atoms with Gasteiger partial charge in [0.25, 0.3) is 5.91 Å². The van der Waals surface area contributed by atoms with Gasteiger partial charge in [0, 0.05) is 16.5 Å². The van der Waals surface area contributed by atoms with E-state index in [1.165, 1.54) is 0 Å². The predicted octanol–water partition coefficient (Wildman–Crippen LogP) is 6.68. The van der Waals surface area contributed by atoms with Crippen LogP contribution in [-0.2, 0) is 22.6 Å². The van der Waals surface area contributed by atoms with Crippen LogP contribution in [0.3, 0.4) is 0 Å². The van der Waals surface area contributed by atoms with Gasteiger partial charge in [0.1, 0.15) is 17.5 Å². The maximum absolute atomic E-state index is 13.3. The van der Waals surface area contributed by atoms with E-state index in [0.29, 0.717) is 17.9 Å². The minimum Gasteiger partial charge on any atom is -0.457 e. The van der Waals surface area contributed by atoms with Gasteiger partial charge in [0.2, 0.25) is 0 Å². The zero-order chi connectivity index (χ0) is 26.0. The molecular weight excluding hydrogens is 530 g/mol. The van der Waals surface area contributed by atoms with Crippen LogP contribution >= 0.6 is 15.9 Å². The maximum atomic E-state index is 13.3. The number of Topliss-reactive ketones (excluding diaryl/α,β-unsaturated/α-hetero) is 1. The van der Waals surface area contributed by atoms with Crippen LogP contribution < -0.4 is 10.1 Å². The molecule has 5 nitrogen and oxygen atoms in total. The highest BCUT2D eigenvalue weighted by atomic mass is 79.9. The Balaban J connectivity index is 1.43. The molecule has 0 heterocycles. The molecule has 0 saturated heterocycles. The van der Waals surface area contributed by atoms with Crippen LogP contribution in [0.5, 0.6) is 11.5 Å². The van der Waals surface area contributed by atoms with Crippen LogP contribution in [0.4, 0.5) is 0 Å². The van der Waals surface area contributed by atoms with Gasteiger partial charge in [-0.2, -0.15) is 0 Å². The summed E-state index contributed by atoms with van der Waals surface area (Å²) in [6.07, 6.45) is 0.157. The van der Waals surface area contributed by atoms with Gasteiger partial charge >= 0.3 is 0 Å². The van der Waals surface area contributed by atoms with Gasteiger partial charge < -0.3 is 14.8 Å². The van der Waals surface area contributed by atoms with Gasteiger partial charge in [-0.25, -0.2) is 0 Å². The molecule has 0 aliphatic heterocycles. The van der Waals surface area contributed by atoms with Crippen molar-refractivity contribution in [3.8, 4) is 11.5 Å². The zero-order valence-electron chi connectivity index (χ0n) is 20.5. The fourth-order valence-corrected chi connectivity index (χ4v) is 4.30. The van der Waals surface area contributed by atoms with E-state index in [1.54, 1.807) is 6.07 Å². The molecule has 0 spiro atoms. The van der Waals surface area contributed by atoms with E-state index in [2.05, 4.69) is 21.2 Å². The number of aryl methyl sites for hydroxylation is 1. The number of rotatable bonds is 11. The van der Waals surface area contributed by atoms with E-state index in [-0.39, 0.29) is 24.7 Å². The molecule has 4 aromatic carbocycles. The number of carbonyl (C=O) groups is 2. The molecule has 0 aliphatic rings. The summed E-state index contributed by atoms with van der Waals surface area (Å²) in [5, 5.41) is 2.89. The summed E-state index contributed by atoms with van der Waals surface area (Å²) in [7, 11) is 0. The number of ketones is 1. The van der Waals surface area contributed by atoms with E-state index in [0.717, 1.165) is 26.9 Å². The van der Waals surface area contributed by atoms with E-state index in [4.69, 9.17) is 9.47 Å². The molecule has 1 atom stereocenters. The molecule has 0 aromatic heterocycles. The van der Waals surface area contributed by atoms with Gasteiger partial charge in [-0.1, -0.05) is 76.6 Å². The Kier molecular flexibility index (Phi) is 9.24. The average Bonchev–Trinajstić information content (AvgIpc) is 2.90. The van der Waals surface area contributed by atoms with Gasteiger partial charge in [0.15, 0.2) is 5.78 Å². The summed E-state index contributed by atoms with van der Waals surface area (Å²) >= 11 is 3.42. The topological polar surface area (TPSA) is 64.6 Å². The Morgan fingerprint density at radius 2 is 1.46 bits per heavy atom. The SMILES string of the molecule is Cc1cc(Br)ccc1C(=O)NC(COCc1ccccc1)C(=O)Cc1ccc(Oc2ccccc2)cc1. The Morgan fingerprint density at radius 3 is 2.14 bits per heavy atom. The summed E-state index contributed by atoms with van der Waals surface area (Å²) in [6.45, 7) is 2.29. The lowest BCUT2D eigenvalue weighted by atomic mass is 10.0. The van der Waals surface area contributed by atoms with Crippen molar-refractivity contribution in [2.45, 2.75) is 26.0 Å². The fourth-order valence-electron chi connectivity index (χ4n) is 3.83. The van der Waals surface area contributed by atoms with Crippen LogP contribution in [0.25, 0.3) is 0 Å². The van der Waals surface area contributed by atoms with Crippen LogP contribution in [-0.4, -0.2) is 24.3 Å². The third-order valence-corrected chi connectivity index (χ3v) is 6.30. The number of nitrogens with one attached hydrogen (secondary N) is 1. The van der Waals surface area contributed by atoms with E-state index in [1.807, 2.05) is 104 Å². The Labute approximate surface area is 225 Å². The molecule has 37 heavy (non-hydrogen) atoms. The van der Waals surface area contributed by atoms with Crippen molar-refractivity contribution in [3.05, 3.63) is 130 Å². The number of halogens is 1. The Hall–Kier alpha value is -3.74. The van der Waals surface area contributed by atoms with E-state index < -0.39 is 6.04 Å².